The van der Waals surface area contributed by atoms with E-state index in [-0.39, 0.29) is 5.91 Å². The summed E-state index contributed by atoms with van der Waals surface area (Å²) < 4.78 is 5.39. The largest absolute Gasteiger partial charge is 0.497 e. The van der Waals surface area contributed by atoms with Crippen LogP contribution < -0.4 is 9.64 Å². The summed E-state index contributed by atoms with van der Waals surface area (Å²) in [5.41, 5.74) is 3.07. The van der Waals surface area contributed by atoms with Crippen molar-refractivity contribution in [1.82, 2.24) is 4.90 Å². The third-order valence-corrected chi connectivity index (χ3v) is 7.23. The van der Waals surface area contributed by atoms with Crippen molar-refractivity contribution in [3.05, 3.63) is 70.6 Å². The van der Waals surface area contributed by atoms with Gasteiger partial charge in [0.15, 0.2) is 5.17 Å². The van der Waals surface area contributed by atoms with Crippen LogP contribution in [0.4, 0.5) is 11.4 Å². The first kappa shape index (κ1) is 20.6. The highest BCUT2D eigenvalue weighted by molar-refractivity contribution is 8.19. The number of benzene rings is 2. The maximum absolute atomic E-state index is 13.3. The number of hydrogen-bond donors (Lipinski definition) is 0. The zero-order valence-corrected chi connectivity index (χ0v) is 18.8. The summed E-state index contributed by atoms with van der Waals surface area (Å²) >= 11 is 3.05. The molecule has 2 heterocycles. The van der Waals surface area contributed by atoms with Crippen LogP contribution in [0.1, 0.15) is 12.5 Å². The molecule has 0 spiro atoms. The lowest BCUT2D eigenvalue weighted by atomic mass is 10.2. The van der Waals surface area contributed by atoms with Crippen LogP contribution in [-0.2, 0) is 4.79 Å². The van der Waals surface area contributed by atoms with E-state index in [4.69, 9.17) is 9.73 Å². The molecule has 4 rings (SSSR count). The van der Waals surface area contributed by atoms with Crippen LogP contribution in [0.3, 0.4) is 0 Å². The number of carbonyl (C=O) groups is 1. The number of methoxy groups -OCH3 is 1. The minimum Gasteiger partial charge on any atom is -0.497 e. The second-order valence-corrected chi connectivity index (χ2v) is 8.86. The molecule has 2 aromatic rings. The van der Waals surface area contributed by atoms with Crippen molar-refractivity contribution in [2.24, 2.45) is 4.99 Å². The Morgan fingerprint density at radius 1 is 1.13 bits per heavy atom. The second kappa shape index (κ2) is 8.62. The van der Waals surface area contributed by atoms with E-state index in [1.165, 1.54) is 17.3 Å². The highest BCUT2D eigenvalue weighted by Crippen LogP contribution is 2.51. The van der Waals surface area contributed by atoms with Crippen LogP contribution >= 0.6 is 23.5 Å². The molecule has 0 aliphatic carbocycles. The van der Waals surface area contributed by atoms with E-state index >= 15 is 0 Å². The molecule has 0 aromatic heterocycles. The van der Waals surface area contributed by atoms with Crippen molar-refractivity contribution < 1.29 is 9.53 Å². The molecule has 1 amide bonds. The highest BCUT2D eigenvalue weighted by Gasteiger charge is 2.39. The Morgan fingerprint density at radius 3 is 2.57 bits per heavy atom. The Labute approximate surface area is 185 Å². The Hall–Kier alpha value is -2.64. The number of aryl methyl sites for hydroxylation is 1. The third kappa shape index (κ3) is 3.75. The smallest absolute Gasteiger partial charge is 0.269 e. The van der Waals surface area contributed by atoms with Gasteiger partial charge in [0.1, 0.15) is 15.7 Å². The average Bonchev–Trinajstić information content (AvgIpc) is 3.27. The molecule has 5 nitrogen and oxygen atoms in total. The summed E-state index contributed by atoms with van der Waals surface area (Å²) in [5, 5.41) is 1.62. The Bertz CT molecular complexity index is 1060. The summed E-state index contributed by atoms with van der Waals surface area (Å²) in [6.45, 7) is 9.12. The number of fused-ring (bicyclic) bond motifs is 1. The maximum Gasteiger partial charge on any atom is 0.269 e. The van der Waals surface area contributed by atoms with Crippen LogP contribution in [0.2, 0.25) is 0 Å². The van der Waals surface area contributed by atoms with Crippen molar-refractivity contribution >= 4 is 46.0 Å². The number of amides is 1. The van der Waals surface area contributed by atoms with Gasteiger partial charge in [-0.25, -0.2) is 4.99 Å². The van der Waals surface area contributed by atoms with Crippen molar-refractivity contribution in [3.8, 4) is 5.75 Å². The quantitative estimate of drug-likeness (QED) is 0.453. The third-order valence-electron chi connectivity index (χ3n) is 4.85. The first-order chi connectivity index (χ1) is 14.5. The van der Waals surface area contributed by atoms with E-state index in [0.717, 1.165) is 33.6 Å². The first-order valence-electron chi connectivity index (χ1n) is 9.69. The van der Waals surface area contributed by atoms with Crippen LogP contribution in [-0.4, -0.2) is 36.2 Å². The predicted molar refractivity (Wildman–Crippen MR) is 127 cm³/mol. The molecule has 154 valence electrons. The van der Waals surface area contributed by atoms with Gasteiger partial charge in [0.2, 0.25) is 0 Å². The molecule has 30 heavy (non-hydrogen) atoms. The number of hydrogen-bond acceptors (Lipinski definition) is 6. The summed E-state index contributed by atoms with van der Waals surface area (Å²) in [6.07, 6.45) is 1.73. The molecule has 0 N–H and O–H groups in total. The maximum atomic E-state index is 13.3. The fourth-order valence-electron chi connectivity index (χ4n) is 3.31. The fourth-order valence-corrected chi connectivity index (χ4v) is 5.69. The lowest BCUT2D eigenvalue weighted by molar-refractivity contribution is -0.121. The number of carbonyl (C=O) groups excluding carboxylic acids is 1. The SMILES string of the molecule is C=CCN1C(=O)C(=C2Sc3ccc(OC)cc3N2CC)SC1=Nc1ccc(C)cc1. The molecule has 2 aliphatic heterocycles. The van der Waals surface area contributed by atoms with E-state index in [0.29, 0.717) is 16.6 Å². The molecular weight excluding hydrogens is 414 g/mol. The lowest BCUT2D eigenvalue weighted by Crippen LogP contribution is -2.30. The molecule has 7 heteroatoms. The molecule has 1 saturated heterocycles. The van der Waals surface area contributed by atoms with Crippen LogP contribution in [0, 0.1) is 6.92 Å². The molecule has 2 aromatic carbocycles. The van der Waals surface area contributed by atoms with Gasteiger partial charge in [-0.3, -0.25) is 9.69 Å². The van der Waals surface area contributed by atoms with Crippen molar-refractivity contribution in [1.29, 1.82) is 0 Å². The Balaban J connectivity index is 1.75. The number of aliphatic imine (C=N–C) groups is 1. The predicted octanol–water partition coefficient (Wildman–Crippen LogP) is 5.55. The van der Waals surface area contributed by atoms with Gasteiger partial charge < -0.3 is 9.64 Å². The molecule has 0 radical (unpaired) electrons. The summed E-state index contributed by atoms with van der Waals surface area (Å²) in [7, 11) is 1.66. The van der Waals surface area contributed by atoms with E-state index < -0.39 is 0 Å². The first-order valence-corrected chi connectivity index (χ1v) is 11.3. The zero-order chi connectivity index (χ0) is 21.3. The van der Waals surface area contributed by atoms with Gasteiger partial charge >= 0.3 is 0 Å². The number of anilines is 1. The molecule has 1 fully saturated rings. The number of amidine groups is 1. The number of ether oxygens (including phenoxy) is 1. The molecule has 2 aliphatic rings. The summed E-state index contributed by atoms with van der Waals surface area (Å²) in [4.78, 5) is 23.8. The second-order valence-electron chi connectivity index (χ2n) is 6.85. The minimum absolute atomic E-state index is 0.0357. The molecule has 0 bridgehead atoms. The topological polar surface area (TPSA) is 45.1 Å². The molecule has 0 atom stereocenters. The van der Waals surface area contributed by atoms with Gasteiger partial charge in [0.05, 0.1) is 18.5 Å². The highest BCUT2D eigenvalue weighted by atomic mass is 32.2. The van der Waals surface area contributed by atoms with Gasteiger partial charge in [0.25, 0.3) is 5.91 Å². The van der Waals surface area contributed by atoms with Gasteiger partial charge in [0, 0.05) is 24.1 Å². The normalized spacial score (nSPS) is 19.6. The lowest BCUT2D eigenvalue weighted by Gasteiger charge is -2.19. The Morgan fingerprint density at radius 2 is 1.90 bits per heavy atom. The van der Waals surface area contributed by atoms with E-state index in [1.807, 2.05) is 49.4 Å². The van der Waals surface area contributed by atoms with E-state index in [9.17, 15) is 4.79 Å². The van der Waals surface area contributed by atoms with Gasteiger partial charge in [-0.15, -0.1) is 6.58 Å². The average molecular weight is 438 g/mol. The van der Waals surface area contributed by atoms with Crippen molar-refractivity contribution in [2.75, 3.05) is 25.1 Å². The molecule has 0 unspecified atom stereocenters. The van der Waals surface area contributed by atoms with Crippen molar-refractivity contribution in [3.63, 3.8) is 0 Å². The summed E-state index contributed by atoms with van der Waals surface area (Å²) in [5.74, 6) is 0.769. The number of rotatable bonds is 5. The molecular formula is C23H23N3O2S2. The molecule has 0 saturated carbocycles. The van der Waals surface area contributed by atoms with Crippen LogP contribution in [0.25, 0.3) is 0 Å². The van der Waals surface area contributed by atoms with E-state index in [2.05, 4.69) is 18.4 Å². The number of nitrogens with zero attached hydrogens (tertiary/aromatic N) is 3. The van der Waals surface area contributed by atoms with Crippen molar-refractivity contribution in [2.45, 2.75) is 18.7 Å². The summed E-state index contributed by atoms with van der Waals surface area (Å²) in [6, 6.07) is 14.0. The monoisotopic (exact) mass is 437 g/mol. The fraction of sp³-hybridized carbons (Fsp3) is 0.217. The zero-order valence-electron chi connectivity index (χ0n) is 17.2. The van der Waals surface area contributed by atoms with Crippen LogP contribution in [0.5, 0.6) is 5.75 Å². The standard InChI is InChI=1S/C23H23N3O2S2/c1-5-13-26-21(27)20(30-23(26)24-16-9-7-15(3)8-10-16)22-25(6-2)18-14-17(28-4)11-12-19(18)29-22/h5,7-12,14H,1,6,13H2,2-4H3. The number of thioether (sulfide) groups is 2. The van der Waals surface area contributed by atoms with Gasteiger partial charge in [-0.05, 0) is 49.9 Å². The van der Waals surface area contributed by atoms with E-state index in [1.54, 1.807) is 29.8 Å². The minimum atomic E-state index is -0.0357. The Kier molecular flexibility index (Phi) is 5.92. The van der Waals surface area contributed by atoms with Gasteiger partial charge in [-0.1, -0.05) is 35.5 Å². The van der Waals surface area contributed by atoms with Crippen LogP contribution in [0.15, 0.2) is 74.9 Å². The van der Waals surface area contributed by atoms with Gasteiger partial charge in [-0.2, -0.15) is 0 Å².